The first-order valence-electron chi connectivity index (χ1n) is 7.94. The van der Waals surface area contributed by atoms with Gasteiger partial charge >= 0.3 is 5.97 Å². The summed E-state index contributed by atoms with van der Waals surface area (Å²) in [5.41, 5.74) is -2.05. The minimum atomic E-state index is -1.46. The fourth-order valence-electron chi connectivity index (χ4n) is 2.52. The van der Waals surface area contributed by atoms with Gasteiger partial charge in [-0.3, -0.25) is 30.3 Å². The maximum atomic E-state index is 11.1. The number of aromatic carboxylic acids is 1. The number of non-ortho nitro benzene ring substituents is 1. The van der Waals surface area contributed by atoms with Gasteiger partial charge in [0.25, 0.3) is 22.8 Å². The highest BCUT2D eigenvalue weighted by molar-refractivity contribution is 5.86. The third-order valence-electron chi connectivity index (χ3n) is 3.94. The number of nitro groups is 3. The van der Waals surface area contributed by atoms with Gasteiger partial charge in [0.15, 0.2) is 0 Å². The predicted molar refractivity (Wildman–Crippen MR) is 97.9 cm³/mol. The second-order valence-corrected chi connectivity index (χ2v) is 5.73. The van der Waals surface area contributed by atoms with Crippen molar-refractivity contribution < 1.29 is 34.3 Å². The molecule has 3 rings (SSSR count). The van der Waals surface area contributed by atoms with Crippen molar-refractivity contribution in [2.45, 2.75) is 0 Å². The fourth-order valence-corrected chi connectivity index (χ4v) is 2.52. The number of nitro benzene ring substituents is 3. The molecule has 0 saturated carbocycles. The number of pyridine rings is 1. The molecule has 0 fully saturated rings. The summed E-state index contributed by atoms with van der Waals surface area (Å²) >= 11 is 0. The minimum Gasteiger partial charge on any atom is -0.863 e. The van der Waals surface area contributed by atoms with Crippen LogP contribution in [0.3, 0.4) is 0 Å². The molecule has 154 valence electrons. The zero-order chi connectivity index (χ0) is 22.6. The molecule has 2 aromatic carbocycles. The Morgan fingerprint density at radius 3 is 1.90 bits per heavy atom. The van der Waals surface area contributed by atoms with Gasteiger partial charge in [0.05, 0.1) is 32.7 Å². The van der Waals surface area contributed by atoms with Crippen LogP contribution in [-0.2, 0) is 7.05 Å². The van der Waals surface area contributed by atoms with E-state index < -0.39 is 43.6 Å². The molecule has 0 aliphatic heterocycles. The molecule has 0 atom stereocenters. The van der Waals surface area contributed by atoms with Gasteiger partial charge in [-0.2, -0.15) is 4.57 Å². The SMILES string of the molecule is C[n+]1c(C(=O)O)ccc2ccccc21.O=[N+]([O-])c1cc([N+](=O)[O-])c([O-])c([N+](=O)[O-])c1. The van der Waals surface area contributed by atoms with E-state index in [1.54, 1.807) is 17.7 Å². The average molecular weight is 416 g/mol. The summed E-state index contributed by atoms with van der Waals surface area (Å²) in [5.74, 6) is -2.36. The molecule has 1 N–H and O–H groups in total. The van der Waals surface area contributed by atoms with E-state index in [1.807, 2.05) is 30.3 Å². The lowest BCUT2D eigenvalue weighted by Crippen LogP contribution is -2.36. The molecule has 0 aliphatic rings. The van der Waals surface area contributed by atoms with E-state index in [0.29, 0.717) is 17.8 Å². The van der Waals surface area contributed by atoms with E-state index >= 15 is 0 Å². The summed E-state index contributed by atoms with van der Waals surface area (Å²) in [5, 5.41) is 52.1. The molecule has 1 heterocycles. The standard InChI is InChI=1S/C11H9NO2.C6H3N3O7/c1-12-9-5-3-2-4-8(9)6-7-10(12)11(13)14;10-6-4(8(13)14)1-3(7(11)12)2-5(6)9(15)16/h2-7H,1H3;1-2,10H. The highest BCUT2D eigenvalue weighted by Crippen LogP contribution is 2.36. The number of hydrogen-bond donors (Lipinski definition) is 1. The highest BCUT2D eigenvalue weighted by atomic mass is 16.6. The topological polar surface area (TPSA) is 194 Å². The summed E-state index contributed by atoms with van der Waals surface area (Å²) in [6, 6.07) is 11.9. The highest BCUT2D eigenvalue weighted by Gasteiger charge is 2.24. The molecule has 13 heteroatoms. The first kappa shape index (κ1) is 21.6. The van der Waals surface area contributed by atoms with E-state index in [-0.39, 0.29) is 0 Å². The number of para-hydroxylation sites is 1. The van der Waals surface area contributed by atoms with Crippen molar-refractivity contribution in [2.75, 3.05) is 0 Å². The van der Waals surface area contributed by atoms with E-state index in [4.69, 9.17) is 5.11 Å². The molecule has 0 aliphatic carbocycles. The Hall–Kier alpha value is -4.68. The number of aryl methyl sites for hydroxylation is 1. The van der Waals surface area contributed by atoms with Gasteiger partial charge in [0.2, 0.25) is 5.52 Å². The second-order valence-electron chi connectivity index (χ2n) is 5.73. The number of rotatable bonds is 4. The lowest BCUT2D eigenvalue weighted by atomic mass is 10.2. The molecule has 13 nitrogen and oxygen atoms in total. The zero-order valence-corrected chi connectivity index (χ0v) is 15.1. The third-order valence-corrected chi connectivity index (χ3v) is 3.94. The summed E-state index contributed by atoms with van der Waals surface area (Å²) in [7, 11) is 1.76. The Bertz CT molecular complexity index is 1160. The minimum absolute atomic E-state index is 0.295. The van der Waals surface area contributed by atoms with Crippen LogP contribution in [0.4, 0.5) is 17.1 Å². The fraction of sp³-hybridized carbons (Fsp3) is 0.0588. The van der Waals surface area contributed by atoms with Gasteiger partial charge in [-0.15, -0.1) is 0 Å². The van der Waals surface area contributed by atoms with Crippen LogP contribution in [0.1, 0.15) is 10.5 Å². The van der Waals surface area contributed by atoms with Gasteiger partial charge in [-0.05, 0) is 12.1 Å². The van der Waals surface area contributed by atoms with Crippen LogP contribution in [0.2, 0.25) is 0 Å². The molecule has 0 spiro atoms. The quantitative estimate of drug-likeness (QED) is 0.375. The van der Waals surface area contributed by atoms with Crippen molar-refractivity contribution >= 4 is 33.9 Å². The van der Waals surface area contributed by atoms with Crippen LogP contribution in [-0.4, -0.2) is 25.8 Å². The largest absolute Gasteiger partial charge is 0.863 e. The van der Waals surface area contributed by atoms with Crippen LogP contribution in [0.5, 0.6) is 5.75 Å². The molecule has 3 aromatic rings. The summed E-state index contributed by atoms with van der Waals surface area (Å²) in [4.78, 5) is 38.4. The van der Waals surface area contributed by atoms with Crippen LogP contribution < -0.4 is 9.67 Å². The van der Waals surface area contributed by atoms with Crippen LogP contribution in [0.25, 0.3) is 10.9 Å². The Balaban J connectivity index is 0.000000215. The third kappa shape index (κ3) is 4.41. The van der Waals surface area contributed by atoms with E-state index in [2.05, 4.69) is 0 Å². The average Bonchev–Trinajstić information content (AvgIpc) is 2.68. The molecular formula is C17H12N4O9. The number of hydrogen-bond acceptors (Lipinski definition) is 8. The van der Waals surface area contributed by atoms with Gasteiger partial charge in [-0.1, -0.05) is 12.1 Å². The Morgan fingerprint density at radius 2 is 1.43 bits per heavy atom. The van der Waals surface area contributed by atoms with Crippen molar-refractivity contribution in [1.82, 2.24) is 0 Å². The number of benzene rings is 2. The normalized spacial score (nSPS) is 10.0. The molecule has 0 radical (unpaired) electrons. The van der Waals surface area contributed by atoms with Crippen molar-refractivity contribution in [3.05, 3.63) is 84.6 Å². The van der Waals surface area contributed by atoms with Gasteiger partial charge in [-0.25, -0.2) is 4.79 Å². The number of carbonyl (C=O) groups is 1. The lowest BCUT2D eigenvalue weighted by molar-refractivity contribution is -0.647. The maximum Gasteiger partial charge on any atom is 0.401 e. The van der Waals surface area contributed by atoms with E-state index in [9.17, 15) is 40.2 Å². The Kier molecular flexibility index (Phi) is 6.16. The maximum absolute atomic E-state index is 11.1. The van der Waals surface area contributed by atoms with E-state index in [0.717, 1.165) is 10.9 Å². The van der Waals surface area contributed by atoms with E-state index in [1.165, 1.54) is 0 Å². The monoisotopic (exact) mass is 416 g/mol. The molecular weight excluding hydrogens is 404 g/mol. The van der Waals surface area contributed by atoms with Crippen molar-refractivity contribution in [1.29, 1.82) is 0 Å². The van der Waals surface area contributed by atoms with Crippen LogP contribution in [0, 0.1) is 30.3 Å². The smallest absolute Gasteiger partial charge is 0.401 e. The van der Waals surface area contributed by atoms with Gasteiger partial charge < -0.3 is 10.2 Å². The van der Waals surface area contributed by atoms with Crippen LogP contribution >= 0.6 is 0 Å². The summed E-state index contributed by atoms with van der Waals surface area (Å²) in [6.07, 6.45) is 0. The zero-order valence-electron chi connectivity index (χ0n) is 15.1. The first-order chi connectivity index (χ1) is 14.0. The number of carboxylic acids is 1. The molecule has 1 aromatic heterocycles. The summed E-state index contributed by atoms with van der Waals surface area (Å²) < 4.78 is 1.68. The summed E-state index contributed by atoms with van der Waals surface area (Å²) in [6.45, 7) is 0. The number of fused-ring (bicyclic) bond motifs is 1. The number of aromatic nitrogens is 1. The van der Waals surface area contributed by atoms with Crippen LogP contribution in [0.15, 0.2) is 48.5 Å². The Labute approximate surface area is 166 Å². The predicted octanol–water partition coefficient (Wildman–Crippen LogP) is 1.85. The molecule has 0 amide bonds. The molecule has 30 heavy (non-hydrogen) atoms. The molecule has 0 unspecified atom stereocenters. The molecule has 0 saturated heterocycles. The van der Waals surface area contributed by atoms with Gasteiger partial charge in [0, 0.05) is 17.5 Å². The molecule has 0 bridgehead atoms. The number of nitrogens with zero attached hydrogens (tertiary/aromatic N) is 4. The lowest BCUT2D eigenvalue weighted by Gasteiger charge is -2.06. The van der Waals surface area contributed by atoms with Crippen molar-refractivity contribution in [2.24, 2.45) is 7.05 Å². The number of carboxylic acid groups (broad SMARTS) is 1. The second kappa shape index (κ2) is 8.55. The Morgan fingerprint density at radius 1 is 0.900 bits per heavy atom. The van der Waals surface area contributed by atoms with Gasteiger partial charge in [0.1, 0.15) is 7.05 Å². The van der Waals surface area contributed by atoms with Crippen molar-refractivity contribution in [3.8, 4) is 5.75 Å². The first-order valence-corrected chi connectivity index (χ1v) is 7.94. The van der Waals surface area contributed by atoms with Crippen molar-refractivity contribution in [3.63, 3.8) is 0 Å².